The minimum atomic E-state index is -5.71. The van der Waals surface area contributed by atoms with Crippen molar-refractivity contribution in [1.82, 2.24) is 9.55 Å². The van der Waals surface area contributed by atoms with Gasteiger partial charge in [0.1, 0.15) is 0 Å². The van der Waals surface area contributed by atoms with E-state index in [-0.39, 0.29) is 16.5 Å². The van der Waals surface area contributed by atoms with Gasteiger partial charge in [-0.25, -0.2) is 18.2 Å². The van der Waals surface area contributed by atoms with Gasteiger partial charge < -0.3 is 4.57 Å². The largest absolute Gasteiger partial charge is 0.433 e. The lowest BCUT2D eigenvalue weighted by atomic mass is 10.1. The molecule has 2 aromatic rings. The van der Waals surface area contributed by atoms with E-state index >= 15 is 0 Å². The number of hydrogen-bond acceptors (Lipinski definition) is 2. The topological polar surface area (TPSA) is 17.8 Å². The van der Waals surface area contributed by atoms with Gasteiger partial charge in [0.15, 0.2) is 5.13 Å². The van der Waals surface area contributed by atoms with E-state index in [0.717, 1.165) is 0 Å². The lowest BCUT2D eigenvalue weighted by Gasteiger charge is -2.25. The molecule has 104 valence electrons. The Hall–Kier alpha value is -1.51. The third-order valence-corrected chi connectivity index (χ3v) is 3.51. The Labute approximate surface area is 107 Å². The van der Waals surface area contributed by atoms with Crippen molar-refractivity contribution in [3.8, 4) is 5.13 Å². The number of thiazole rings is 1. The molecule has 1 atom stereocenters. The van der Waals surface area contributed by atoms with Crippen LogP contribution in [0.25, 0.3) is 5.13 Å². The fraction of sp³-hybridized carbons (Fsp3) is 0.300. The van der Waals surface area contributed by atoms with Crippen molar-refractivity contribution < 1.29 is 26.3 Å². The van der Waals surface area contributed by atoms with E-state index in [1.165, 1.54) is 17.0 Å². The summed E-state index contributed by atoms with van der Waals surface area (Å²) in [6.07, 6.45) is -6.52. The van der Waals surface area contributed by atoms with E-state index in [1.807, 2.05) is 0 Å². The first-order valence-electron chi connectivity index (χ1n) is 4.90. The Morgan fingerprint density at radius 1 is 1.11 bits per heavy atom. The zero-order chi connectivity index (χ0) is 14.3. The smallest absolute Gasteiger partial charge is 0.300 e. The number of rotatable bonds is 3. The second-order valence-corrected chi connectivity index (χ2v) is 4.62. The summed E-state index contributed by atoms with van der Waals surface area (Å²) in [7, 11) is 0. The summed E-state index contributed by atoms with van der Waals surface area (Å²) >= 11 is 0.230. The Morgan fingerprint density at radius 3 is 2.16 bits per heavy atom. The van der Waals surface area contributed by atoms with Crippen molar-refractivity contribution in [3.63, 3.8) is 0 Å². The monoisotopic (exact) mass is 300 g/mol. The van der Waals surface area contributed by atoms with Crippen molar-refractivity contribution in [1.29, 1.82) is 0 Å². The number of nitrogens with zero attached hydrogens (tertiary/aromatic N) is 2. The summed E-state index contributed by atoms with van der Waals surface area (Å²) in [5, 5.41) is -0.0214. The molecule has 0 aliphatic heterocycles. The predicted octanol–water partition coefficient (Wildman–Crippen LogP) is 3.93. The minimum absolute atomic E-state index is 0.0214. The van der Waals surface area contributed by atoms with Gasteiger partial charge in [-0.15, -0.1) is 0 Å². The van der Waals surface area contributed by atoms with Crippen LogP contribution in [-0.2, 0) is 5.67 Å². The first-order valence-corrected chi connectivity index (χ1v) is 5.72. The highest BCUT2D eigenvalue weighted by Gasteiger charge is 2.65. The van der Waals surface area contributed by atoms with Crippen LogP contribution in [0.3, 0.4) is 0 Å². The van der Waals surface area contributed by atoms with Crippen molar-refractivity contribution in [3.05, 3.63) is 35.6 Å². The molecule has 2 nitrogen and oxygen atoms in total. The van der Waals surface area contributed by atoms with Gasteiger partial charge in [-0.1, -0.05) is 11.3 Å². The molecule has 0 aliphatic rings. The fourth-order valence-corrected chi connectivity index (χ4v) is 2.37. The molecule has 9 heteroatoms. The lowest BCUT2D eigenvalue weighted by molar-refractivity contribution is -0.272. The molecule has 0 saturated carbocycles. The second kappa shape index (κ2) is 4.55. The molecule has 0 N–H and O–H groups in total. The molecule has 1 unspecified atom stereocenters. The number of aromatic nitrogens is 2. The highest BCUT2D eigenvalue weighted by Crippen LogP contribution is 2.48. The van der Waals surface area contributed by atoms with E-state index < -0.39 is 23.1 Å². The average molecular weight is 300 g/mol. The summed E-state index contributed by atoms with van der Waals surface area (Å²) in [6, 6.07) is 3.14. The SMILES string of the molecule is FC(F)C(F)(c1cnc(-n2cccc2)s1)C(F)(F)F. The van der Waals surface area contributed by atoms with Gasteiger partial charge in [0.2, 0.25) is 0 Å². The first-order chi connectivity index (χ1) is 8.76. The number of halogens is 6. The van der Waals surface area contributed by atoms with E-state index in [2.05, 4.69) is 4.98 Å². The molecule has 2 rings (SSSR count). The van der Waals surface area contributed by atoms with Crippen LogP contribution in [-0.4, -0.2) is 22.2 Å². The molecule has 0 radical (unpaired) electrons. The lowest BCUT2D eigenvalue weighted by Crippen LogP contribution is -2.43. The third kappa shape index (κ3) is 2.22. The van der Waals surface area contributed by atoms with Crippen LogP contribution in [0.15, 0.2) is 30.7 Å². The Bertz CT molecular complexity index is 547. The summed E-state index contributed by atoms with van der Waals surface area (Å²) in [5.74, 6) is 0. The molecular formula is C10H6F6N2S. The summed E-state index contributed by atoms with van der Waals surface area (Å²) in [5.41, 5.74) is -4.70. The first kappa shape index (κ1) is 13.9. The Kier molecular flexibility index (Phi) is 3.33. The maximum atomic E-state index is 13.7. The van der Waals surface area contributed by atoms with Crippen molar-refractivity contribution in [2.45, 2.75) is 18.3 Å². The maximum Gasteiger partial charge on any atom is 0.433 e. The molecule has 0 amide bonds. The van der Waals surface area contributed by atoms with Crippen molar-refractivity contribution in [2.24, 2.45) is 0 Å². The van der Waals surface area contributed by atoms with E-state index in [1.54, 1.807) is 12.1 Å². The molecule has 2 aromatic heterocycles. The Morgan fingerprint density at radius 2 is 1.68 bits per heavy atom. The van der Waals surface area contributed by atoms with Crippen LogP contribution in [0.4, 0.5) is 26.3 Å². The molecule has 19 heavy (non-hydrogen) atoms. The third-order valence-electron chi connectivity index (χ3n) is 2.39. The van der Waals surface area contributed by atoms with Crippen molar-refractivity contribution >= 4 is 11.3 Å². The average Bonchev–Trinajstić information content (AvgIpc) is 2.96. The molecule has 0 spiro atoms. The van der Waals surface area contributed by atoms with Crippen LogP contribution in [0.5, 0.6) is 0 Å². The fourth-order valence-electron chi connectivity index (χ4n) is 1.39. The van der Waals surface area contributed by atoms with Crippen molar-refractivity contribution in [2.75, 3.05) is 0 Å². The molecule has 0 aliphatic carbocycles. The van der Waals surface area contributed by atoms with Gasteiger partial charge in [-0.2, -0.15) is 13.2 Å². The predicted molar refractivity (Wildman–Crippen MR) is 56.3 cm³/mol. The van der Waals surface area contributed by atoms with E-state index in [9.17, 15) is 26.3 Å². The zero-order valence-corrected chi connectivity index (χ0v) is 9.85. The standard InChI is InChI=1S/C10H6F6N2S/c11-7(12)9(13,10(14,15)16)6-5-17-8(19-6)18-3-1-2-4-18/h1-5,7H. The number of hydrogen-bond donors (Lipinski definition) is 0. The van der Waals surface area contributed by atoms with Crippen LogP contribution in [0.1, 0.15) is 4.88 Å². The van der Waals surface area contributed by atoms with E-state index in [0.29, 0.717) is 6.20 Å². The summed E-state index contributed by atoms with van der Waals surface area (Å²) < 4.78 is 77.5. The van der Waals surface area contributed by atoms with Crippen LogP contribution in [0.2, 0.25) is 0 Å². The molecule has 0 aromatic carbocycles. The zero-order valence-electron chi connectivity index (χ0n) is 9.03. The Balaban J connectivity index is 2.46. The molecule has 0 saturated heterocycles. The summed E-state index contributed by atoms with van der Waals surface area (Å²) in [4.78, 5) is 2.36. The molecule has 0 bridgehead atoms. The normalized spacial score (nSPS) is 15.7. The molecule has 2 heterocycles. The van der Waals surface area contributed by atoms with Crippen LogP contribution in [0, 0.1) is 0 Å². The van der Waals surface area contributed by atoms with Crippen LogP contribution < -0.4 is 0 Å². The molecule has 0 fully saturated rings. The van der Waals surface area contributed by atoms with Gasteiger partial charge in [0, 0.05) is 18.6 Å². The highest BCUT2D eigenvalue weighted by molar-refractivity contribution is 7.14. The highest BCUT2D eigenvalue weighted by atomic mass is 32.1. The van der Waals surface area contributed by atoms with Gasteiger partial charge in [0.25, 0.3) is 6.43 Å². The minimum Gasteiger partial charge on any atom is -0.300 e. The second-order valence-electron chi connectivity index (χ2n) is 3.61. The molecular weight excluding hydrogens is 294 g/mol. The number of alkyl halides is 6. The summed E-state index contributed by atoms with van der Waals surface area (Å²) in [6.45, 7) is 0. The van der Waals surface area contributed by atoms with Gasteiger partial charge >= 0.3 is 11.8 Å². The van der Waals surface area contributed by atoms with Crippen LogP contribution >= 0.6 is 11.3 Å². The quantitative estimate of drug-likeness (QED) is 0.785. The maximum absolute atomic E-state index is 13.7. The van der Waals surface area contributed by atoms with E-state index in [4.69, 9.17) is 0 Å². The van der Waals surface area contributed by atoms with Gasteiger partial charge in [-0.05, 0) is 12.1 Å². The van der Waals surface area contributed by atoms with Gasteiger partial charge in [-0.3, -0.25) is 0 Å². The van der Waals surface area contributed by atoms with Gasteiger partial charge in [0.05, 0.1) is 4.88 Å².